The maximum atomic E-state index is 11.8. The molecule has 1 amide bonds. The molecule has 0 spiro atoms. The lowest BCUT2D eigenvalue weighted by atomic mass is 10.1. The van der Waals surface area contributed by atoms with Gasteiger partial charge in [-0.05, 0) is 20.3 Å². The zero-order valence-electron chi connectivity index (χ0n) is 10.7. The number of hydrogen-bond acceptors (Lipinski definition) is 3. The van der Waals surface area contributed by atoms with Crippen LogP contribution in [0.4, 0.5) is 0 Å². The number of rotatable bonds is 4. The van der Waals surface area contributed by atoms with Gasteiger partial charge in [0.2, 0.25) is 5.91 Å². The molecule has 0 saturated heterocycles. The van der Waals surface area contributed by atoms with E-state index < -0.39 is 11.9 Å². The summed E-state index contributed by atoms with van der Waals surface area (Å²) in [4.78, 5) is 22.5. The lowest BCUT2D eigenvalue weighted by Crippen LogP contribution is -2.29. The molecule has 6 heteroatoms. The topological polar surface area (TPSA) is 84.2 Å². The molecule has 1 aromatic heterocycles. The van der Waals surface area contributed by atoms with Gasteiger partial charge in [-0.15, -0.1) is 0 Å². The third-order valence-corrected chi connectivity index (χ3v) is 3.54. The summed E-state index contributed by atoms with van der Waals surface area (Å²) in [5, 5.41) is 15.7. The summed E-state index contributed by atoms with van der Waals surface area (Å²) in [5.41, 5.74) is 1.95. The van der Waals surface area contributed by atoms with Crippen LogP contribution < -0.4 is 5.32 Å². The van der Waals surface area contributed by atoms with Crippen molar-refractivity contribution in [1.29, 1.82) is 0 Å². The van der Waals surface area contributed by atoms with E-state index >= 15 is 0 Å². The van der Waals surface area contributed by atoms with E-state index in [-0.39, 0.29) is 17.9 Å². The molecule has 2 rings (SSSR count). The van der Waals surface area contributed by atoms with Crippen molar-refractivity contribution >= 4 is 11.9 Å². The largest absolute Gasteiger partial charge is 0.481 e. The van der Waals surface area contributed by atoms with Crippen LogP contribution in [0.5, 0.6) is 0 Å². The first-order valence-electron chi connectivity index (χ1n) is 5.93. The van der Waals surface area contributed by atoms with Crippen LogP contribution in [0.15, 0.2) is 6.20 Å². The molecule has 0 radical (unpaired) electrons. The number of aromatic nitrogens is 2. The maximum Gasteiger partial charge on any atom is 0.307 e. The summed E-state index contributed by atoms with van der Waals surface area (Å²) in [5.74, 6) is -1.95. The second kappa shape index (κ2) is 4.44. The lowest BCUT2D eigenvalue weighted by Gasteiger charge is -2.13. The highest BCUT2D eigenvalue weighted by Gasteiger charge is 2.48. The van der Waals surface area contributed by atoms with E-state index in [1.807, 2.05) is 20.9 Å². The average molecular weight is 251 g/mol. The van der Waals surface area contributed by atoms with Crippen LogP contribution in [0.25, 0.3) is 0 Å². The van der Waals surface area contributed by atoms with E-state index in [0.29, 0.717) is 6.42 Å². The first kappa shape index (κ1) is 12.6. The Morgan fingerprint density at radius 2 is 2.22 bits per heavy atom. The Labute approximate surface area is 105 Å². The van der Waals surface area contributed by atoms with E-state index in [1.165, 1.54) is 0 Å². The Morgan fingerprint density at radius 1 is 1.56 bits per heavy atom. The summed E-state index contributed by atoms with van der Waals surface area (Å²) in [6.07, 6.45) is 2.17. The van der Waals surface area contributed by atoms with Crippen molar-refractivity contribution in [2.45, 2.75) is 26.3 Å². The Balaban J connectivity index is 1.96. The van der Waals surface area contributed by atoms with Crippen LogP contribution in [0.1, 0.15) is 30.6 Å². The molecule has 0 unspecified atom stereocenters. The van der Waals surface area contributed by atoms with Gasteiger partial charge >= 0.3 is 5.97 Å². The molecule has 1 fully saturated rings. The Hall–Kier alpha value is -1.85. The zero-order chi connectivity index (χ0) is 13.4. The van der Waals surface area contributed by atoms with Crippen LogP contribution >= 0.6 is 0 Å². The number of carbonyl (C=O) groups excluding carboxylic acids is 1. The summed E-state index contributed by atoms with van der Waals surface area (Å²) in [6, 6.07) is -0.152. The van der Waals surface area contributed by atoms with Gasteiger partial charge in [-0.3, -0.25) is 14.3 Å². The summed E-state index contributed by atoms with van der Waals surface area (Å²) >= 11 is 0. The fraction of sp³-hybridized carbons (Fsp3) is 0.583. The SMILES string of the molecule is Cc1c([C@H](C)NC(=O)[C@H]2C[C@H]2C(=O)O)cnn1C. The Kier molecular flexibility index (Phi) is 3.11. The molecule has 1 aliphatic carbocycles. The number of carboxylic acid groups (broad SMARTS) is 1. The average Bonchev–Trinajstić information content (AvgIpc) is 3.02. The van der Waals surface area contributed by atoms with Crippen molar-refractivity contribution in [2.24, 2.45) is 18.9 Å². The molecule has 98 valence electrons. The minimum absolute atomic E-state index is 0.152. The predicted molar refractivity (Wildman–Crippen MR) is 63.7 cm³/mol. The minimum atomic E-state index is -0.889. The van der Waals surface area contributed by atoms with E-state index in [0.717, 1.165) is 11.3 Å². The molecule has 0 bridgehead atoms. The van der Waals surface area contributed by atoms with Gasteiger partial charge in [-0.2, -0.15) is 5.10 Å². The monoisotopic (exact) mass is 251 g/mol. The lowest BCUT2D eigenvalue weighted by molar-refractivity contribution is -0.140. The standard InChI is InChI=1S/C12H17N3O3/c1-6(10-5-13-15(3)7(10)2)14-11(16)8-4-9(8)12(17)18/h5-6,8-9H,4H2,1-3H3,(H,14,16)(H,17,18)/t6-,8-,9+/m0/s1. The minimum Gasteiger partial charge on any atom is -0.481 e. The van der Waals surface area contributed by atoms with Crippen LogP contribution in [-0.4, -0.2) is 26.8 Å². The second-order valence-corrected chi connectivity index (χ2v) is 4.83. The van der Waals surface area contributed by atoms with Crippen molar-refractivity contribution in [1.82, 2.24) is 15.1 Å². The van der Waals surface area contributed by atoms with Gasteiger partial charge in [0, 0.05) is 18.3 Å². The molecule has 2 N–H and O–H groups in total. The van der Waals surface area contributed by atoms with Crippen LogP contribution in [-0.2, 0) is 16.6 Å². The fourth-order valence-electron chi connectivity index (χ4n) is 2.10. The van der Waals surface area contributed by atoms with Gasteiger partial charge in [0.1, 0.15) is 0 Å². The first-order valence-corrected chi connectivity index (χ1v) is 5.93. The third-order valence-electron chi connectivity index (χ3n) is 3.54. The predicted octanol–water partition coefficient (Wildman–Crippen LogP) is 0.626. The molecule has 1 aromatic rings. The number of nitrogens with one attached hydrogen (secondary N) is 1. The van der Waals surface area contributed by atoms with Crippen LogP contribution in [0.3, 0.4) is 0 Å². The number of aryl methyl sites for hydroxylation is 1. The Morgan fingerprint density at radius 3 is 2.67 bits per heavy atom. The third kappa shape index (κ3) is 2.23. The Bertz CT molecular complexity index is 495. The van der Waals surface area contributed by atoms with Crippen molar-refractivity contribution in [3.63, 3.8) is 0 Å². The second-order valence-electron chi connectivity index (χ2n) is 4.83. The van der Waals surface area contributed by atoms with Gasteiger partial charge in [-0.1, -0.05) is 0 Å². The summed E-state index contributed by atoms with van der Waals surface area (Å²) < 4.78 is 1.75. The van der Waals surface area contributed by atoms with Gasteiger partial charge in [0.25, 0.3) is 0 Å². The van der Waals surface area contributed by atoms with E-state index in [2.05, 4.69) is 10.4 Å². The molecule has 1 heterocycles. The number of carboxylic acids is 1. The van der Waals surface area contributed by atoms with E-state index in [1.54, 1.807) is 10.9 Å². The first-order chi connectivity index (χ1) is 8.41. The quantitative estimate of drug-likeness (QED) is 0.822. The normalized spacial score (nSPS) is 23.5. The highest BCUT2D eigenvalue weighted by molar-refractivity contribution is 5.89. The summed E-state index contributed by atoms with van der Waals surface area (Å²) in [7, 11) is 1.84. The number of aliphatic carboxylic acids is 1. The fourth-order valence-corrected chi connectivity index (χ4v) is 2.10. The van der Waals surface area contributed by atoms with E-state index in [9.17, 15) is 9.59 Å². The van der Waals surface area contributed by atoms with E-state index in [4.69, 9.17) is 5.11 Å². The zero-order valence-corrected chi connectivity index (χ0v) is 10.7. The van der Waals surface area contributed by atoms with Gasteiger partial charge in [0.15, 0.2) is 0 Å². The highest BCUT2D eigenvalue weighted by atomic mass is 16.4. The molecule has 3 atom stereocenters. The van der Waals surface area contributed by atoms with Gasteiger partial charge in [0.05, 0.1) is 24.1 Å². The molecule has 18 heavy (non-hydrogen) atoms. The molecule has 0 aromatic carbocycles. The van der Waals surface area contributed by atoms with Crippen molar-refractivity contribution in [3.05, 3.63) is 17.5 Å². The van der Waals surface area contributed by atoms with Crippen LogP contribution in [0, 0.1) is 18.8 Å². The molecule has 1 aliphatic rings. The van der Waals surface area contributed by atoms with Crippen molar-refractivity contribution < 1.29 is 14.7 Å². The smallest absolute Gasteiger partial charge is 0.307 e. The molecular formula is C12H17N3O3. The maximum absolute atomic E-state index is 11.8. The number of hydrogen-bond donors (Lipinski definition) is 2. The van der Waals surface area contributed by atoms with Gasteiger partial charge < -0.3 is 10.4 Å². The van der Waals surface area contributed by atoms with Crippen LogP contribution in [0.2, 0.25) is 0 Å². The highest BCUT2D eigenvalue weighted by Crippen LogP contribution is 2.39. The molecule has 6 nitrogen and oxygen atoms in total. The van der Waals surface area contributed by atoms with Gasteiger partial charge in [-0.25, -0.2) is 0 Å². The molecular weight excluding hydrogens is 234 g/mol. The molecule has 1 saturated carbocycles. The summed E-state index contributed by atoms with van der Waals surface area (Å²) in [6.45, 7) is 3.81. The number of amides is 1. The molecule has 0 aliphatic heterocycles. The van der Waals surface area contributed by atoms with Crippen molar-refractivity contribution in [2.75, 3.05) is 0 Å². The number of nitrogens with zero attached hydrogens (tertiary/aromatic N) is 2. The number of carbonyl (C=O) groups is 2. The van der Waals surface area contributed by atoms with Crippen molar-refractivity contribution in [3.8, 4) is 0 Å².